The van der Waals surface area contributed by atoms with Crippen molar-refractivity contribution >= 4 is 39.9 Å². The van der Waals surface area contributed by atoms with Crippen LogP contribution in [0.5, 0.6) is 0 Å². The van der Waals surface area contributed by atoms with Crippen molar-refractivity contribution in [3.8, 4) is 0 Å². The normalized spacial score (nSPS) is 11.1. The van der Waals surface area contributed by atoms with Gasteiger partial charge in [0, 0.05) is 4.88 Å². The van der Waals surface area contributed by atoms with E-state index in [9.17, 15) is 0 Å². The lowest BCUT2D eigenvalue weighted by Gasteiger charge is -2.06. The third-order valence-electron chi connectivity index (χ3n) is 2.89. The average Bonchev–Trinajstić information content (AvgIpc) is 3.03. The van der Waals surface area contributed by atoms with Gasteiger partial charge >= 0.3 is 0 Å². The van der Waals surface area contributed by atoms with Gasteiger partial charge in [0.2, 0.25) is 5.28 Å². The fourth-order valence-electron chi connectivity index (χ4n) is 1.94. The predicted molar refractivity (Wildman–Crippen MR) is 77.7 cm³/mol. The lowest BCUT2D eigenvalue weighted by Crippen LogP contribution is -2.03. The molecule has 0 unspecified atom stereocenters. The van der Waals surface area contributed by atoms with E-state index in [0.29, 0.717) is 11.5 Å². The van der Waals surface area contributed by atoms with Crippen LogP contribution in [-0.4, -0.2) is 19.9 Å². The average molecular weight is 294 g/mol. The fraction of sp³-hybridized carbons (Fsp3) is 0.250. The number of aromatic nitrogens is 4. The monoisotopic (exact) mass is 293 g/mol. The number of aromatic amines is 1. The summed E-state index contributed by atoms with van der Waals surface area (Å²) in [4.78, 5) is 16.7. The molecule has 0 amide bonds. The van der Waals surface area contributed by atoms with Crippen LogP contribution in [0, 0.1) is 0 Å². The number of imidazole rings is 1. The number of aryl methyl sites for hydroxylation is 1. The summed E-state index contributed by atoms with van der Waals surface area (Å²) >= 11 is 7.63. The topological polar surface area (TPSA) is 66.5 Å². The first-order valence-corrected chi connectivity index (χ1v) is 7.19. The first-order chi connectivity index (χ1) is 9.28. The molecule has 0 fully saturated rings. The van der Waals surface area contributed by atoms with Crippen LogP contribution in [0.25, 0.3) is 11.2 Å². The third-order valence-corrected chi connectivity index (χ3v) is 4.03. The molecule has 7 heteroatoms. The van der Waals surface area contributed by atoms with Crippen molar-refractivity contribution < 1.29 is 0 Å². The highest BCUT2D eigenvalue weighted by Gasteiger charge is 2.09. The lowest BCUT2D eigenvalue weighted by atomic mass is 10.2. The maximum Gasteiger partial charge on any atom is 0.226 e. The number of thiophene rings is 1. The van der Waals surface area contributed by atoms with Gasteiger partial charge < -0.3 is 10.3 Å². The van der Waals surface area contributed by atoms with E-state index in [-0.39, 0.29) is 5.28 Å². The van der Waals surface area contributed by atoms with E-state index < -0.39 is 0 Å². The molecule has 19 heavy (non-hydrogen) atoms. The van der Waals surface area contributed by atoms with Crippen LogP contribution in [0.4, 0.5) is 5.82 Å². The number of fused-ring (bicyclic) bond motifs is 1. The number of nitrogens with zero attached hydrogens (tertiary/aromatic N) is 3. The van der Waals surface area contributed by atoms with Gasteiger partial charge in [-0.15, -0.1) is 11.3 Å². The number of halogens is 1. The Kier molecular flexibility index (Phi) is 3.35. The molecule has 98 valence electrons. The summed E-state index contributed by atoms with van der Waals surface area (Å²) < 4.78 is 0. The highest BCUT2D eigenvalue weighted by molar-refractivity contribution is 7.10. The largest absolute Gasteiger partial charge is 0.363 e. The van der Waals surface area contributed by atoms with E-state index in [1.807, 2.05) is 0 Å². The van der Waals surface area contributed by atoms with Gasteiger partial charge in [0.05, 0.1) is 12.9 Å². The molecular weight excluding hydrogens is 282 g/mol. The van der Waals surface area contributed by atoms with E-state index >= 15 is 0 Å². The Morgan fingerprint density at radius 2 is 2.32 bits per heavy atom. The molecule has 3 aromatic heterocycles. The molecule has 3 rings (SSSR count). The number of rotatable bonds is 4. The Hall–Kier alpha value is -1.66. The van der Waals surface area contributed by atoms with Crippen molar-refractivity contribution in [2.45, 2.75) is 19.9 Å². The minimum atomic E-state index is 0.198. The molecule has 0 spiro atoms. The lowest BCUT2D eigenvalue weighted by molar-refractivity contribution is 1.06. The molecule has 2 N–H and O–H groups in total. The summed E-state index contributed by atoms with van der Waals surface area (Å²) in [6, 6.07) is 2.15. The zero-order chi connectivity index (χ0) is 13.2. The van der Waals surface area contributed by atoms with Gasteiger partial charge in [-0.1, -0.05) is 6.92 Å². The van der Waals surface area contributed by atoms with Crippen LogP contribution in [-0.2, 0) is 13.0 Å². The minimum absolute atomic E-state index is 0.198. The summed E-state index contributed by atoms with van der Waals surface area (Å²) in [6.45, 7) is 2.88. The van der Waals surface area contributed by atoms with E-state index in [2.05, 4.69) is 43.6 Å². The number of hydrogen-bond donors (Lipinski definition) is 2. The van der Waals surface area contributed by atoms with Crippen LogP contribution in [0.1, 0.15) is 17.4 Å². The van der Waals surface area contributed by atoms with E-state index in [4.69, 9.17) is 11.6 Å². The third kappa shape index (κ3) is 2.41. The number of hydrogen-bond acceptors (Lipinski definition) is 5. The molecular formula is C12H12ClN5S. The molecule has 0 aliphatic carbocycles. The van der Waals surface area contributed by atoms with Crippen LogP contribution >= 0.6 is 22.9 Å². The molecule has 0 aliphatic heterocycles. The molecule has 0 bridgehead atoms. The first-order valence-electron chi connectivity index (χ1n) is 5.93. The molecule has 0 aromatic carbocycles. The van der Waals surface area contributed by atoms with Crippen molar-refractivity contribution in [3.05, 3.63) is 33.5 Å². The number of H-pyrrole nitrogens is 1. The predicted octanol–water partition coefficient (Wildman–Crippen LogP) is 3.24. The molecule has 3 heterocycles. The smallest absolute Gasteiger partial charge is 0.226 e. The van der Waals surface area contributed by atoms with Gasteiger partial charge in [0.15, 0.2) is 11.5 Å². The van der Waals surface area contributed by atoms with Gasteiger partial charge in [-0.3, -0.25) is 0 Å². The maximum atomic E-state index is 5.89. The maximum absolute atomic E-state index is 5.89. The molecule has 0 aliphatic rings. The summed E-state index contributed by atoms with van der Waals surface area (Å²) in [5.41, 5.74) is 2.71. The van der Waals surface area contributed by atoms with Crippen molar-refractivity contribution in [2.24, 2.45) is 0 Å². The Morgan fingerprint density at radius 1 is 1.42 bits per heavy atom. The molecule has 5 nitrogen and oxygen atoms in total. The van der Waals surface area contributed by atoms with Crippen molar-refractivity contribution in [1.29, 1.82) is 0 Å². The van der Waals surface area contributed by atoms with Crippen LogP contribution in [0.15, 0.2) is 17.8 Å². The Morgan fingerprint density at radius 3 is 3.16 bits per heavy atom. The molecule has 0 saturated carbocycles. The molecule has 0 atom stereocenters. The minimum Gasteiger partial charge on any atom is -0.363 e. The highest BCUT2D eigenvalue weighted by atomic mass is 35.5. The SMILES string of the molecule is CCc1ccsc1CNc1nc(Cl)nc2nc[nH]c12. The zero-order valence-corrected chi connectivity index (χ0v) is 11.8. The van der Waals surface area contributed by atoms with Crippen LogP contribution in [0.3, 0.4) is 0 Å². The summed E-state index contributed by atoms with van der Waals surface area (Å²) in [5, 5.41) is 5.60. The Bertz CT molecular complexity index is 705. The zero-order valence-electron chi connectivity index (χ0n) is 10.3. The standard InChI is InChI=1S/C12H12ClN5S/c1-2-7-3-4-19-8(7)5-14-10-9-11(16-6-15-9)18-12(13)17-10/h3-4,6H,2,5H2,1H3,(H2,14,15,16,17,18). The second-order valence-electron chi connectivity index (χ2n) is 4.02. The van der Waals surface area contributed by atoms with Gasteiger partial charge in [-0.05, 0) is 35.0 Å². The highest BCUT2D eigenvalue weighted by Crippen LogP contribution is 2.22. The van der Waals surface area contributed by atoms with E-state index in [1.54, 1.807) is 17.7 Å². The van der Waals surface area contributed by atoms with E-state index in [0.717, 1.165) is 18.5 Å². The quantitative estimate of drug-likeness (QED) is 0.725. The number of anilines is 1. The van der Waals surface area contributed by atoms with Crippen molar-refractivity contribution in [2.75, 3.05) is 5.32 Å². The van der Waals surface area contributed by atoms with Gasteiger partial charge in [-0.2, -0.15) is 9.97 Å². The second-order valence-corrected chi connectivity index (χ2v) is 5.36. The second kappa shape index (κ2) is 5.14. The first kappa shape index (κ1) is 12.4. The van der Waals surface area contributed by atoms with E-state index in [1.165, 1.54) is 10.4 Å². The van der Waals surface area contributed by atoms with Crippen molar-refractivity contribution in [3.63, 3.8) is 0 Å². The Labute approximate surface area is 119 Å². The number of nitrogens with one attached hydrogen (secondary N) is 2. The van der Waals surface area contributed by atoms with Crippen LogP contribution < -0.4 is 5.32 Å². The van der Waals surface area contributed by atoms with Gasteiger partial charge in [-0.25, -0.2) is 4.98 Å². The molecule has 0 saturated heterocycles. The van der Waals surface area contributed by atoms with Gasteiger partial charge in [0.25, 0.3) is 0 Å². The summed E-state index contributed by atoms with van der Waals surface area (Å²) in [5.74, 6) is 0.683. The summed E-state index contributed by atoms with van der Waals surface area (Å²) in [6.07, 6.45) is 2.62. The Balaban J connectivity index is 1.87. The van der Waals surface area contributed by atoms with Crippen molar-refractivity contribution in [1.82, 2.24) is 19.9 Å². The molecule has 3 aromatic rings. The summed E-state index contributed by atoms with van der Waals surface area (Å²) in [7, 11) is 0. The van der Waals surface area contributed by atoms with Crippen LogP contribution in [0.2, 0.25) is 5.28 Å². The van der Waals surface area contributed by atoms with Gasteiger partial charge in [0.1, 0.15) is 5.52 Å². The fourth-order valence-corrected chi connectivity index (χ4v) is 3.02. The molecule has 0 radical (unpaired) electrons.